The first-order valence-electron chi connectivity index (χ1n) is 12.0. The van der Waals surface area contributed by atoms with E-state index in [1.807, 2.05) is 12.2 Å². The average Bonchev–Trinajstić information content (AvgIpc) is 2.93. The number of anilines is 1. The first kappa shape index (κ1) is 23.8. The van der Waals surface area contributed by atoms with Crippen LogP contribution in [0, 0.1) is 0 Å². The van der Waals surface area contributed by atoms with Crippen molar-refractivity contribution in [3.05, 3.63) is 175 Å². The smallest absolute Gasteiger partial charge is 0.0372 e. The van der Waals surface area contributed by atoms with Gasteiger partial charge in [-0.05, 0) is 45.5 Å². The van der Waals surface area contributed by atoms with E-state index in [0.29, 0.717) is 0 Å². The molecule has 0 aliphatic carbocycles. The topological polar surface area (TPSA) is 3.24 Å². The van der Waals surface area contributed by atoms with Crippen LogP contribution in [0.5, 0.6) is 0 Å². The van der Waals surface area contributed by atoms with Crippen LogP contribution in [0.15, 0.2) is 153 Å². The number of nitrogens with zero attached hydrogens (tertiary/aromatic N) is 1. The van der Waals surface area contributed by atoms with Gasteiger partial charge >= 0.3 is 0 Å². The molecule has 35 heavy (non-hydrogen) atoms. The number of benzene rings is 4. The standard InChI is InChI=1S/C34H31N/c1-3-26-35(27-4-2)32-22-20-31(21-23-32)34(30-18-12-7-13-19-30)25-24-33(28-14-8-5-9-15-28)29-16-10-6-11-17-29/h3-25H,1-2,26-27H2/b34-25+. The van der Waals surface area contributed by atoms with E-state index < -0.39 is 0 Å². The lowest BCUT2D eigenvalue weighted by molar-refractivity contribution is 0.957. The van der Waals surface area contributed by atoms with Crippen molar-refractivity contribution in [2.75, 3.05) is 18.0 Å². The molecule has 0 radical (unpaired) electrons. The molecule has 0 atom stereocenters. The summed E-state index contributed by atoms with van der Waals surface area (Å²) in [4.78, 5) is 2.25. The van der Waals surface area contributed by atoms with E-state index >= 15 is 0 Å². The van der Waals surface area contributed by atoms with Gasteiger partial charge in [-0.2, -0.15) is 0 Å². The van der Waals surface area contributed by atoms with Gasteiger partial charge in [-0.25, -0.2) is 0 Å². The van der Waals surface area contributed by atoms with Crippen LogP contribution in [0.1, 0.15) is 22.3 Å². The van der Waals surface area contributed by atoms with Gasteiger partial charge in [-0.1, -0.05) is 127 Å². The zero-order valence-corrected chi connectivity index (χ0v) is 20.1. The van der Waals surface area contributed by atoms with Gasteiger partial charge in [0.2, 0.25) is 0 Å². The molecule has 1 heteroatoms. The molecule has 0 unspecified atom stereocenters. The normalized spacial score (nSPS) is 10.9. The van der Waals surface area contributed by atoms with E-state index in [4.69, 9.17) is 0 Å². The molecule has 0 fully saturated rings. The second-order valence-corrected chi connectivity index (χ2v) is 8.29. The van der Waals surface area contributed by atoms with Crippen molar-refractivity contribution in [2.45, 2.75) is 0 Å². The minimum atomic E-state index is 0.785. The first-order chi connectivity index (χ1) is 17.3. The van der Waals surface area contributed by atoms with E-state index in [1.54, 1.807) is 0 Å². The molecule has 4 aromatic carbocycles. The Morgan fingerprint density at radius 1 is 0.486 bits per heavy atom. The van der Waals surface area contributed by atoms with Crippen molar-refractivity contribution in [1.29, 1.82) is 0 Å². The lowest BCUT2D eigenvalue weighted by atomic mass is 9.94. The third-order valence-corrected chi connectivity index (χ3v) is 5.91. The van der Waals surface area contributed by atoms with Crippen molar-refractivity contribution < 1.29 is 0 Å². The molecule has 4 rings (SSSR count). The predicted molar refractivity (Wildman–Crippen MR) is 153 cm³/mol. The third kappa shape index (κ3) is 6.16. The molecule has 0 spiro atoms. The van der Waals surface area contributed by atoms with Gasteiger partial charge in [-0.15, -0.1) is 13.2 Å². The van der Waals surface area contributed by atoms with Gasteiger partial charge in [0.1, 0.15) is 0 Å². The summed E-state index contributed by atoms with van der Waals surface area (Å²) >= 11 is 0. The first-order valence-corrected chi connectivity index (χ1v) is 12.0. The molecule has 0 bridgehead atoms. The Balaban J connectivity index is 1.79. The Kier molecular flexibility index (Phi) is 8.29. The van der Waals surface area contributed by atoms with Crippen LogP contribution in [-0.4, -0.2) is 13.1 Å². The van der Waals surface area contributed by atoms with Gasteiger partial charge in [0.15, 0.2) is 0 Å². The summed E-state index contributed by atoms with van der Waals surface area (Å²) in [5.74, 6) is 0. The van der Waals surface area contributed by atoms with Crippen LogP contribution < -0.4 is 4.90 Å². The molecule has 0 aromatic heterocycles. The second-order valence-electron chi connectivity index (χ2n) is 8.29. The fourth-order valence-electron chi connectivity index (χ4n) is 4.19. The molecule has 0 aliphatic heterocycles. The van der Waals surface area contributed by atoms with Gasteiger partial charge < -0.3 is 4.90 Å². The highest BCUT2D eigenvalue weighted by atomic mass is 15.1. The lowest BCUT2D eigenvalue weighted by Crippen LogP contribution is -2.22. The van der Waals surface area contributed by atoms with E-state index in [0.717, 1.165) is 18.8 Å². The molecule has 4 aromatic rings. The molecular weight excluding hydrogens is 422 g/mol. The summed E-state index contributed by atoms with van der Waals surface area (Å²) in [6.07, 6.45) is 8.33. The molecule has 172 valence electrons. The average molecular weight is 454 g/mol. The van der Waals surface area contributed by atoms with Gasteiger partial charge in [0, 0.05) is 18.8 Å². The predicted octanol–water partition coefficient (Wildman–Crippen LogP) is 8.43. The van der Waals surface area contributed by atoms with Crippen LogP contribution in [0.4, 0.5) is 5.69 Å². The highest BCUT2D eigenvalue weighted by Gasteiger charge is 2.09. The Morgan fingerprint density at radius 2 is 0.829 bits per heavy atom. The maximum absolute atomic E-state index is 3.89. The monoisotopic (exact) mass is 453 g/mol. The second kappa shape index (κ2) is 12.2. The molecule has 0 saturated heterocycles. The summed E-state index contributed by atoms with van der Waals surface area (Å²) < 4.78 is 0. The molecule has 0 heterocycles. The summed E-state index contributed by atoms with van der Waals surface area (Å²) in [5.41, 5.74) is 8.29. The number of rotatable bonds is 10. The lowest BCUT2D eigenvalue weighted by Gasteiger charge is -2.22. The Morgan fingerprint density at radius 3 is 1.17 bits per heavy atom. The summed E-state index contributed by atoms with van der Waals surface area (Å²) in [7, 11) is 0. The van der Waals surface area contributed by atoms with Crippen molar-refractivity contribution >= 4 is 16.8 Å². The Bertz CT molecular complexity index is 1230. The summed E-state index contributed by atoms with van der Waals surface area (Å²) in [5, 5.41) is 0. The SMILES string of the molecule is C=CCN(CC=C)c1ccc(/C(=C/C=C(c2ccccc2)c2ccccc2)c2ccccc2)cc1. The molecule has 1 nitrogen and oxygen atoms in total. The van der Waals surface area contributed by atoms with Crippen molar-refractivity contribution in [3.63, 3.8) is 0 Å². The maximum Gasteiger partial charge on any atom is 0.0372 e. The maximum atomic E-state index is 3.89. The highest BCUT2D eigenvalue weighted by Crippen LogP contribution is 2.29. The number of allylic oxidation sites excluding steroid dienone is 2. The van der Waals surface area contributed by atoms with E-state index in [9.17, 15) is 0 Å². The van der Waals surface area contributed by atoms with Crippen LogP contribution in [0.2, 0.25) is 0 Å². The van der Waals surface area contributed by atoms with Crippen LogP contribution in [0.25, 0.3) is 11.1 Å². The fourth-order valence-corrected chi connectivity index (χ4v) is 4.19. The third-order valence-electron chi connectivity index (χ3n) is 5.91. The van der Waals surface area contributed by atoms with Crippen molar-refractivity contribution in [3.8, 4) is 0 Å². The van der Waals surface area contributed by atoms with Crippen molar-refractivity contribution in [2.24, 2.45) is 0 Å². The van der Waals surface area contributed by atoms with Crippen LogP contribution in [-0.2, 0) is 0 Å². The zero-order valence-electron chi connectivity index (χ0n) is 20.1. The Hall–Kier alpha value is -4.36. The quantitative estimate of drug-likeness (QED) is 0.172. The summed E-state index contributed by atoms with van der Waals surface area (Å²) in [6.45, 7) is 9.36. The van der Waals surface area contributed by atoms with Gasteiger partial charge in [0.25, 0.3) is 0 Å². The number of hydrogen-bond acceptors (Lipinski definition) is 1. The minimum Gasteiger partial charge on any atom is -0.364 e. The van der Waals surface area contributed by atoms with E-state index in [2.05, 4.69) is 145 Å². The fraction of sp³-hybridized carbons (Fsp3) is 0.0588. The van der Waals surface area contributed by atoms with Crippen LogP contribution in [0.3, 0.4) is 0 Å². The van der Waals surface area contributed by atoms with E-state index in [-0.39, 0.29) is 0 Å². The molecule has 0 amide bonds. The Labute approximate surface area is 209 Å². The van der Waals surface area contributed by atoms with Crippen LogP contribution >= 0.6 is 0 Å². The van der Waals surface area contributed by atoms with Gasteiger partial charge in [0.05, 0.1) is 0 Å². The number of hydrogen-bond donors (Lipinski definition) is 0. The summed E-state index contributed by atoms with van der Waals surface area (Å²) in [6, 6.07) is 40.5. The highest BCUT2D eigenvalue weighted by molar-refractivity contribution is 5.86. The zero-order chi connectivity index (χ0) is 24.3. The molecule has 0 saturated carbocycles. The minimum absolute atomic E-state index is 0.785. The molecule has 0 N–H and O–H groups in total. The van der Waals surface area contributed by atoms with Gasteiger partial charge in [-0.3, -0.25) is 0 Å². The molecular formula is C34H31N. The van der Waals surface area contributed by atoms with E-state index in [1.165, 1.54) is 33.4 Å². The molecule has 0 aliphatic rings. The largest absolute Gasteiger partial charge is 0.364 e. The van der Waals surface area contributed by atoms with Crippen molar-refractivity contribution in [1.82, 2.24) is 0 Å².